The molecule has 1 aromatic heterocycles. The highest BCUT2D eigenvalue weighted by Crippen LogP contribution is 2.30. The third-order valence-corrected chi connectivity index (χ3v) is 3.34. The Labute approximate surface area is 96.7 Å². The number of nitrogens with zero attached hydrogens (tertiary/aromatic N) is 1. The number of rotatable bonds is 1. The molecule has 2 nitrogen and oxygen atoms in total. The summed E-state index contributed by atoms with van der Waals surface area (Å²) in [6, 6.07) is 2.25. The summed E-state index contributed by atoms with van der Waals surface area (Å²) in [4.78, 5) is 7.60. The highest BCUT2D eigenvalue weighted by molar-refractivity contribution is 5.70. The van der Waals surface area contributed by atoms with E-state index in [1.165, 1.54) is 27.8 Å². The Morgan fingerprint density at radius 2 is 1.50 bits per heavy atom. The van der Waals surface area contributed by atoms with Crippen LogP contribution in [0.3, 0.4) is 0 Å². The molecule has 2 aromatic rings. The summed E-state index contributed by atoms with van der Waals surface area (Å²) in [7, 11) is 0. The second-order valence-corrected chi connectivity index (χ2v) is 4.52. The lowest BCUT2D eigenvalue weighted by molar-refractivity contribution is 1.15. The normalized spacial score (nSPS) is 10.8. The van der Waals surface area contributed by atoms with Gasteiger partial charge in [0.05, 0.1) is 11.9 Å². The second-order valence-electron chi connectivity index (χ2n) is 4.52. The maximum absolute atomic E-state index is 4.28. The molecule has 0 saturated heterocycles. The molecule has 0 aliphatic carbocycles. The van der Waals surface area contributed by atoms with Crippen LogP contribution in [-0.4, -0.2) is 9.97 Å². The zero-order valence-corrected chi connectivity index (χ0v) is 10.6. The van der Waals surface area contributed by atoms with Crippen molar-refractivity contribution in [2.75, 3.05) is 0 Å². The van der Waals surface area contributed by atoms with Gasteiger partial charge in [-0.3, -0.25) is 0 Å². The van der Waals surface area contributed by atoms with Gasteiger partial charge >= 0.3 is 0 Å². The SMILES string of the molecule is Cc1ncc(-c2c(C)c(C)cc(C)c2C)[nH]1. The first-order valence-corrected chi connectivity index (χ1v) is 5.60. The summed E-state index contributed by atoms with van der Waals surface area (Å²) >= 11 is 0. The van der Waals surface area contributed by atoms with Gasteiger partial charge in [0.1, 0.15) is 5.82 Å². The molecule has 2 rings (SSSR count). The minimum atomic E-state index is 0.966. The molecule has 0 unspecified atom stereocenters. The predicted molar refractivity (Wildman–Crippen MR) is 67.7 cm³/mol. The van der Waals surface area contributed by atoms with Crippen LogP contribution in [-0.2, 0) is 0 Å². The van der Waals surface area contributed by atoms with Crippen molar-refractivity contribution in [3.63, 3.8) is 0 Å². The summed E-state index contributed by atoms with van der Waals surface area (Å²) in [6.07, 6.45) is 1.92. The van der Waals surface area contributed by atoms with Crippen LogP contribution in [0.25, 0.3) is 11.3 Å². The van der Waals surface area contributed by atoms with Crippen molar-refractivity contribution in [1.82, 2.24) is 9.97 Å². The number of aromatic amines is 1. The Morgan fingerprint density at radius 1 is 0.938 bits per heavy atom. The van der Waals surface area contributed by atoms with Gasteiger partial charge in [-0.1, -0.05) is 6.07 Å². The average molecular weight is 214 g/mol. The predicted octanol–water partition coefficient (Wildman–Crippen LogP) is 3.62. The first-order chi connectivity index (χ1) is 7.50. The van der Waals surface area contributed by atoms with Gasteiger partial charge in [0.15, 0.2) is 0 Å². The van der Waals surface area contributed by atoms with Crippen LogP contribution in [0.1, 0.15) is 28.1 Å². The summed E-state index contributed by atoms with van der Waals surface area (Å²) in [5, 5.41) is 0. The molecule has 1 heterocycles. The standard InChI is InChI=1S/C14H18N2/c1-8-6-9(2)11(4)14(10(8)3)13-7-15-12(5)16-13/h6-7H,1-5H3,(H,15,16). The molecule has 0 aliphatic rings. The largest absolute Gasteiger partial charge is 0.342 e. The average Bonchev–Trinajstić information content (AvgIpc) is 2.62. The van der Waals surface area contributed by atoms with E-state index in [1.54, 1.807) is 0 Å². The van der Waals surface area contributed by atoms with Crippen molar-refractivity contribution in [1.29, 1.82) is 0 Å². The summed E-state index contributed by atoms with van der Waals surface area (Å²) in [6.45, 7) is 10.7. The number of H-pyrrole nitrogens is 1. The third kappa shape index (κ3) is 1.64. The quantitative estimate of drug-likeness (QED) is 0.771. The lowest BCUT2D eigenvalue weighted by Crippen LogP contribution is -1.95. The van der Waals surface area contributed by atoms with E-state index in [0.717, 1.165) is 11.5 Å². The molecule has 0 spiro atoms. The van der Waals surface area contributed by atoms with Crippen molar-refractivity contribution >= 4 is 0 Å². The van der Waals surface area contributed by atoms with Gasteiger partial charge in [-0.15, -0.1) is 0 Å². The van der Waals surface area contributed by atoms with Crippen LogP contribution in [0.5, 0.6) is 0 Å². The van der Waals surface area contributed by atoms with Gasteiger partial charge in [-0.05, 0) is 56.9 Å². The number of imidazole rings is 1. The lowest BCUT2D eigenvalue weighted by atomic mass is 9.93. The monoisotopic (exact) mass is 214 g/mol. The van der Waals surface area contributed by atoms with Crippen LogP contribution in [0, 0.1) is 34.6 Å². The van der Waals surface area contributed by atoms with Crippen molar-refractivity contribution in [3.05, 3.63) is 40.3 Å². The van der Waals surface area contributed by atoms with Crippen LogP contribution in [0.15, 0.2) is 12.3 Å². The zero-order chi connectivity index (χ0) is 11.9. The van der Waals surface area contributed by atoms with Gasteiger partial charge in [0.2, 0.25) is 0 Å². The second kappa shape index (κ2) is 3.78. The Bertz CT molecular complexity index is 510. The fraction of sp³-hybridized carbons (Fsp3) is 0.357. The molecule has 0 saturated carbocycles. The van der Waals surface area contributed by atoms with E-state index in [0.29, 0.717) is 0 Å². The Balaban J connectivity index is 2.73. The summed E-state index contributed by atoms with van der Waals surface area (Å²) in [5.41, 5.74) is 7.78. The van der Waals surface area contributed by atoms with Crippen LogP contribution >= 0.6 is 0 Å². The Hall–Kier alpha value is -1.57. The summed E-state index contributed by atoms with van der Waals surface area (Å²) < 4.78 is 0. The molecule has 0 fully saturated rings. The maximum Gasteiger partial charge on any atom is 0.103 e. The fourth-order valence-corrected chi connectivity index (χ4v) is 2.17. The smallest absolute Gasteiger partial charge is 0.103 e. The molecule has 84 valence electrons. The fourth-order valence-electron chi connectivity index (χ4n) is 2.17. The van der Waals surface area contributed by atoms with Crippen LogP contribution < -0.4 is 0 Å². The molecule has 16 heavy (non-hydrogen) atoms. The number of hydrogen-bond acceptors (Lipinski definition) is 1. The maximum atomic E-state index is 4.28. The minimum absolute atomic E-state index is 0.966. The van der Waals surface area contributed by atoms with Crippen LogP contribution in [0.4, 0.5) is 0 Å². The minimum Gasteiger partial charge on any atom is -0.342 e. The topological polar surface area (TPSA) is 28.7 Å². The number of hydrogen-bond donors (Lipinski definition) is 1. The molecular weight excluding hydrogens is 196 g/mol. The third-order valence-electron chi connectivity index (χ3n) is 3.34. The highest BCUT2D eigenvalue weighted by atomic mass is 14.9. The Morgan fingerprint density at radius 3 is 1.94 bits per heavy atom. The van der Waals surface area contributed by atoms with Crippen molar-refractivity contribution in [2.45, 2.75) is 34.6 Å². The number of aryl methyl sites for hydroxylation is 3. The lowest BCUT2D eigenvalue weighted by Gasteiger charge is -2.13. The first-order valence-electron chi connectivity index (χ1n) is 5.60. The van der Waals surface area contributed by atoms with E-state index in [-0.39, 0.29) is 0 Å². The molecule has 0 bridgehead atoms. The van der Waals surface area contributed by atoms with E-state index in [4.69, 9.17) is 0 Å². The highest BCUT2D eigenvalue weighted by Gasteiger charge is 2.11. The van der Waals surface area contributed by atoms with E-state index in [1.807, 2.05) is 13.1 Å². The number of nitrogens with one attached hydrogen (secondary N) is 1. The number of benzene rings is 1. The van der Waals surface area contributed by atoms with Crippen molar-refractivity contribution in [3.8, 4) is 11.3 Å². The van der Waals surface area contributed by atoms with E-state index in [9.17, 15) is 0 Å². The van der Waals surface area contributed by atoms with Crippen LogP contribution in [0.2, 0.25) is 0 Å². The molecular formula is C14H18N2. The molecule has 1 aromatic carbocycles. The zero-order valence-electron chi connectivity index (χ0n) is 10.6. The van der Waals surface area contributed by atoms with Gasteiger partial charge in [-0.25, -0.2) is 4.98 Å². The Kier molecular flexibility index (Phi) is 2.58. The van der Waals surface area contributed by atoms with E-state index >= 15 is 0 Å². The van der Waals surface area contributed by atoms with Crippen molar-refractivity contribution in [2.24, 2.45) is 0 Å². The molecule has 2 heteroatoms. The number of aromatic nitrogens is 2. The van der Waals surface area contributed by atoms with Gasteiger partial charge in [-0.2, -0.15) is 0 Å². The molecule has 0 radical (unpaired) electrons. The van der Waals surface area contributed by atoms with Gasteiger partial charge in [0, 0.05) is 5.56 Å². The first kappa shape index (κ1) is 10.9. The molecule has 0 aliphatic heterocycles. The van der Waals surface area contributed by atoms with E-state index < -0.39 is 0 Å². The molecule has 0 atom stereocenters. The van der Waals surface area contributed by atoms with E-state index in [2.05, 4.69) is 43.7 Å². The molecule has 1 N–H and O–H groups in total. The molecule has 0 amide bonds. The van der Waals surface area contributed by atoms with Gasteiger partial charge in [0.25, 0.3) is 0 Å². The summed E-state index contributed by atoms with van der Waals surface area (Å²) in [5.74, 6) is 0.966. The van der Waals surface area contributed by atoms with Crippen molar-refractivity contribution < 1.29 is 0 Å². The van der Waals surface area contributed by atoms with Gasteiger partial charge < -0.3 is 4.98 Å².